The minimum absolute atomic E-state index is 0.329. The summed E-state index contributed by atoms with van der Waals surface area (Å²) in [5, 5.41) is 0.917. The van der Waals surface area contributed by atoms with E-state index in [1.54, 1.807) is 19.2 Å². The van der Waals surface area contributed by atoms with Crippen LogP contribution in [-0.4, -0.2) is 17.1 Å². The van der Waals surface area contributed by atoms with Crippen molar-refractivity contribution in [2.24, 2.45) is 0 Å². The summed E-state index contributed by atoms with van der Waals surface area (Å²) in [5.74, 6) is 0.616. The molecule has 1 N–H and O–H groups in total. The molecular weight excluding hydrogens is 211 g/mol. The fourth-order valence-electron chi connectivity index (χ4n) is 1.18. The van der Waals surface area contributed by atoms with E-state index >= 15 is 0 Å². The Hall–Kier alpha value is -0.930. The van der Waals surface area contributed by atoms with Crippen LogP contribution in [0.3, 0.4) is 0 Å². The molecule has 0 radical (unpaired) electrons. The number of imidazole rings is 1. The molecule has 13 heavy (non-hydrogen) atoms. The van der Waals surface area contributed by atoms with Gasteiger partial charge in [-0.15, -0.1) is 0 Å². The summed E-state index contributed by atoms with van der Waals surface area (Å²) in [7, 11) is 1.56. The van der Waals surface area contributed by atoms with Crippen molar-refractivity contribution in [3.05, 3.63) is 22.4 Å². The molecule has 68 valence electrons. The number of aromatic nitrogens is 2. The lowest BCUT2D eigenvalue weighted by Crippen LogP contribution is -1.84. The Morgan fingerprint density at radius 2 is 2.15 bits per heavy atom. The zero-order valence-electron chi connectivity index (χ0n) is 6.77. The van der Waals surface area contributed by atoms with Crippen LogP contribution in [-0.2, 0) is 0 Å². The Kier molecular flexibility index (Phi) is 2.06. The second-order valence-electron chi connectivity index (χ2n) is 2.53. The predicted octanol–water partition coefficient (Wildman–Crippen LogP) is 2.88. The molecule has 0 aliphatic carbocycles. The smallest absolute Gasteiger partial charge is 0.201 e. The molecule has 2 aromatic rings. The third kappa shape index (κ3) is 1.45. The van der Waals surface area contributed by atoms with Crippen LogP contribution in [0.15, 0.2) is 12.1 Å². The predicted molar refractivity (Wildman–Crippen MR) is 52.7 cm³/mol. The first-order valence-electron chi connectivity index (χ1n) is 3.59. The van der Waals surface area contributed by atoms with E-state index in [2.05, 4.69) is 9.97 Å². The summed E-state index contributed by atoms with van der Waals surface area (Å²) in [6.45, 7) is 0. The number of nitrogens with zero attached hydrogens (tertiary/aromatic N) is 1. The van der Waals surface area contributed by atoms with Crippen LogP contribution in [0, 0.1) is 0 Å². The molecule has 0 aliphatic heterocycles. The van der Waals surface area contributed by atoms with Gasteiger partial charge in [0, 0.05) is 11.1 Å². The number of ether oxygens (including phenoxy) is 1. The fourth-order valence-corrected chi connectivity index (χ4v) is 1.57. The highest BCUT2D eigenvalue weighted by Crippen LogP contribution is 2.28. The second kappa shape index (κ2) is 3.09. The molecule has 0 bridgehead atoms. The maximum Gasteiger partial charge on any atom is 0.201 e. The van der Waals surface area contributed by atoms with Crippen molar-refractivity contribution in [2.45, 2.75) is 0 Å². The third-order valence-corrected chi connectivity index (χ3v) is 2.10. The summed E-state index contributed by atoms with van der Waals surface area (Å²) in [6, 6.07) is 3.44. The molecule has 0 spiro atoms. The van der Waals surface area contributed by atoms with E-state index in [1.807, 2.05) is 0 Å². The molecule has 0 fully saturated rings. The standard InChI is InChI=1S/C8H6Cl2N2O/c1-13-6-3-4(9)2-5-7(6)12-8(10)11-5/h2-3H,1H3,(H,11,12). The van der Waals surface area contributed by atoms with Crippen LogP contribution in [0.5, 0.6) is 5.75 Å². The van der Waals surface area contributed by atoms with E-state index in [0.717, 1.165) is 5.52 Å². The van der Waals surface area contributed by atoms with E-state index < -0.39 is 0 Å². The summed E-state index contributed by atoms with van der Waals surface area (Å²) in [5.41, 5.74) is 1.46. The molecule has 1 heterocycles. The highest BCUT2D eigenvalue weighted by molar-refractivity contribution is 6.32. The van der Waals surface area contributed by atoms with Crippen LogP contribution < -0.4 is 4.74 Å². The second-order valence-corrected chi connectivity index (χ2v) is 3.33. The van der Waals surface area contributed by atoms with Crippen molar-refractivity contribution in [2.75, 3.05) is 7.11 Å². The van der Waals surface area contributed by atoms with Crippen LogP contribution in [0.2, 0.25) is 10.3 Å². The van der Waals surface area contributed by atoms with Gasteiger partial charge in [-0.1, -0.05) is 11.6 Å². The molecule has 3 nitrogen and oxygen atoms in total. The molecule has 0 atom stereocenters. The van der Waals surface area contributed by atoms with Crippen LogP contribution in [0.1, 0.15) is 0 Å². The summed E-state index contributed by atoms with van der Waals surface area (Å²) in [4.78, 5) is 6.92. The molecule has 5 heteroatoms. The number of nitrogens with one attached hydrogen (secondary N) is 1. The topological polar surface area (TPSA) is 37.9 Å². The van der Waals surface area contributed by atoms with Crippen LogP contribution >= 0.6 is 23.2 Å². The summed E-state index contributed by atoms with van der Waals surface area (Å²) >= 11 is 11.5. The minimum atomic E-state index is 0.329. The van der Waals surface area contributed by atoms with Gasteiger partial charge in [0.25, 0.3) is 0 Å². The fraction of sp³-hybridized carbons (Fsp3) is 0.125. The van der Waals surface area contributed by atoms with Crippen molar-refractivity contribution in [3.8, 4) is 5.75 Å². The van der Waals surface area contributed by atoms with Crippen LogP contribution in [0.25, 0.3) is 11.0 Å². The number of benzene rings is 1. The summed E-state index contributed by atoms with van der Waals surface area (Å²) in [6.07, 6.45) is 0. The number of hydrogen-bond acceptors (Lipinski definition) is 2. The van der Waals surface area contributed by atoms with Gasteiger partial charge < -0.3 is 9.72 Å². The molecular formula is C8H6Cl2N2O. The first-order valence-corrected chi connectivity index (χ1v) is 4.35. The summed E-state index contributed by atoms with van der Waals surface area (Å²) < 4.78 is 5.10. The molecule has 2 rings (SSSR count). The maximum absolute atomic E-state index is 5.84. The van der Waals surface area contributed by atoms with Gasteiger partial charge in [-0.25, -0.2) is 4.98 Å². The van der Waals surface area contributed by atoms with Crippen molar-refractivity contribution in [1.82, 2.24) is 9.97 Å². The number of fused-ring (bicyclic) bond motifs is 1. The lowest BCUT2D eigenvalue weighted by Gasteiger charge is -2.00. The van der Waals surface area contributed by atoms with E-state index in [1.165, 1.54) is 0 Å². The minimum Gasteiger partial charge on any atom is -0.494 e. The zero-order valence-corrected chi connectivity index (χ0v) is 8.28. The van der Waals surface area contributed by atoms with E-state index in [9.17, 15) is 0 Å². The lowest BCUT2D eigenvalue weighted by atomic mass is 10.3. The van der Waals surface area contributed by atoms with E-state index in [4.69, 9.17) is 27.9 Å². The highest BCUT2D eigenvalue weighted by atomic mass is 35.5. The number of rotatable bonds is 1. The Morgan fingerprint density at radius 3 is 2.85 bits per heavy atom. The van der Waals surface area contributed by atoms with Gasteiger partial charge in [0.2, 0.25) is 5.28 Å². The van der Waals surface area contributed by atoms with Crippen molar-refractivity contribution < 1.29 is 4.74 Å². The Bertz CT molecular complexity index is 453. The highest BCUT2D eigenvalue weighted by Gasteiger charge is 2.07. The van der Waals surface area contributed by atoms with E-state index in [0.29, 0.717) is 21.6 Å². The van der Waals surface area contributed by atoms with Gasteiger partial charge >= 0.3 is 0 Å². The lowest BCUT2D eigenvalue weighted by molar-refractivity contribution is 0.419. The number of halogens is 2. The SMILES string of the molecule is COc1cc(Cl)cc2[nH]c(Cl)nc12. The van der Waals surface area contributed by atoms with E-state index in [-0.39, 0.29) is 0 Å². The Labute approximate surface area is 84.6 Å². The quantitative estimate of drug-likeness (QED) is 0.797. The molecule has 1 aromatic carbocycles. The maximum atomic E-state index is 5.84. The van der Waals surface area contributed by atoms with Gasteiger partial charge in [0.15, 0.2) is 0 Å². The van der Waals surface area contributed by atoms with Gasteiger partial charge in [0.05, 0.1) is 12.6 Å². The third-order valence-electron chi connectivity index (χ3n) is 1.71. The molecule has 0 saturated heterocycles. The average molecular weight is 217 g/mol. The molecule has 0 saturated carbocycles. The number of aromatic amines is 1. The monoisotopic (exact) mass is 216 g/mol. The van der Waals surface area contributed by atoms with Gasteiger partial charge in [-0.05, 0) is 17.7 Å². The first-order chi connectivity index (χ1) is 6.20. The Morgan fingerprint density at radius 1 is 1.38 bits per heavy atom. The van der Waals surface area contributed by atoms with Crippen molar-refractivity contribution >= 4 is 34.2 Å². The van der Waals surface area contributed by atoms with Gasteiger partial charge in [-0.2, -0.15) is 0 Å². The number of hydrogen-bond donors (Lipinski definition) is 1. The average Bonchev–Trinajstić information content (AvgIpc) is 2.43. The van der Waals surface area contributed by atoms with Crippen molar-refractivity contribution in [3.63, 3.8) is 0 Å². The number of methoxy groups -OCH3 is 1. The van der Waals surface area contributed by atoms with Gasteiger partial charge in [-0.3, -0.25) is 0 Å². The van der Waals surface area contributed by atoms with Crippen LogP contribution in [0.4, 0.5) is 0 Å². The first kappa shape index (κ1) is 8.66. The molecule has 0 aliphatic rings. The Balaban J connectivity index is 2.80. The van der Waals surface area contributed by atoms with Gasteiger partial charge in [0.1, 0.15) is 11.3 Å². The largest absolute Gasteiger partial charge is 0.494 e. The zero-order chi connectivity index (χ0) is 9.42. The molecule has 0 amide bonds. The molecule has 0 unspecified atom stereocenters. The molecule has 1 aromatic heterocycles. The van der Waals surface area contributed by atoms with Crippen molar-refractivity contribution in [1.29, 1.82) is 0 Å². The number of H-pyrrole nitrogens is 1. The normalized spacial score (nSPS) is 10.7.